The Morgan fingerprint density at radius 1 is 1.38 bits per heavy atom. The maximum atomic E-state index is 12.4. The molecule has 1 fully saturated rings. The quantitative estimate of drug-likeness (QED) is 0.690. The minimum atomic E-state index is -3.82. The Bertz CT molecular complexity index is 678. The summed E-state index contributed by atoms with van der Waals surface area (Å²) in [5.41, 5.74) is 4.44. The molecule has 0 radical (unpaired) electrons. The Balaban J connectivity index is 2.28. The van der Waals surface area contributed by atoms with Crippen molar-refractivity contribution in [1.29, 1.82) is 0 Å². The molecule has 0 spiro atoms. The molecular weight excluding hydrogens is 296 g/mol. The molecule has 8 heteroatoms. The SMILES string of the molecule is CC(C)C1(O)CN(S(=O)(=O)c2ccc(C(=O)O)cc2N)C1. The molecule has 1 aromatic rings. The van der Waals surface area contributed by atoms with Crippen LogP contribution in [-0.4, -0.2) is 47.6 Å². The Hall–Kier alpha value is -1.64. The fourth-order valence-electron chi connectivity index (χ4n) is 2.16. The lowest BCUT2D eigenvalue weighted by molar-refractivity contribution is -0.0932. The number of rotatable bonds is 4. The third-order valence-electron chi connectivity index (χ3n) is 3.85. The maximum absolute atomic E-state index is 12.4. The van der Waals surface area contributed by atoms with Crippen molar-refractivity contribution in [1.82, 2.24) is 4.31 Å². The molecule has 1 saturated heterocycles. The summed E-state index contributed by atoms with van der Waals surface area (Å²) in [6, 6.07) is 3.49. The number of nitrogen functional groups attached to an aromatic ring is 1. The molecule has 0 aliphatic carbocycles. The number of benzene rings is 1. The van der Waals surface area contributed by atoms with Gasteiger partial charge in [-0.05, 0) is 24.1 Å². The van der Waals surface area contributed by atoms with Crippen LogP contribution >= 0.6 is 0 Å². The topological polar surface area (TPSA) is 121 Å². The Morgan fingerprint density at radius 2 is 1.95 bits per heavy atom. The van der Waals surface area contributed by atoms with Gasteiger partial charge in [-0.25, -0.2) is 13.2 Å². The highest BCUT2D eigenvalue weighted by Gasteiger charge is 2.49. The number of anilines is 1. The summed E-state index contributed by atoms with van der Waals surface area (Å²) < 4.78 is 26.0. The molecule has 21 heavy (non-hydrogen) atoms. The van der Waals surface area contributed by atoms with E-state index in [1.807, 2.05) is 13.8 Å². The van der Waals surface area contributed by atoms with Gasteiger partial charge >= 0.3 is 5.97 Å². The van der Waals surface area contributed by atoms with Crippen LogP contribution in [0.25, 0.3) is 0 Å². The summed E-state index contributed by atoms with van der Waals surface area (Å²) in [6.45, 7) is 3.65. The third kappa shape index (κ3) is 2.61. The lowest BCUT2D eigenvalue weighted by Crippen LogP contribution is -2.65. The lowest BCUT2D eigenvalue weighted by Gasteiger charge is -2.47. The molecule has 1 aliphatic rings. The monoisotopic (exact) mass is 314 g/mol. The minimum Gasteiger partial charge on any atom is -0.478 e. The first kappa shape index (κ1) is 15.7. The standard InChI is InChI=1S/C13H18N2O5S/c1-8(2)13(18)6-15(7-13)21(19,20)11-4-3-9(12(16)17)5-10(11)14/h3-5,8,18H,6-7,14H2,1-2H3,(H,16,17). The van der Waals surface area contributed by atoms with E-state index in [1.54, 1.807) is 0 Å². The van der Waals surface area contributed by atoms with Crippen LogP contribution in [0.3, 0.4) is 0 Å². The van der Waals surface area contributed by atoms with Crippen LogP contribution in [-0.2, 0) is 10.0 Å². The molecule has 1 aliphatic heterocycles. The van der Waals surface area contributed by atoms with Gasteiger partial charge in [0.05, 0.1) is 16.9 Å². The summed E-state index contributed by atoms with van der Waals surface area (Å²) in [5.74, 6) is -1.24. The molecule has 0 saturated carbocycles. The summed E-state index contributed by atoms with van der Waals surface area (Å²) >= 11 is 0. The van der Waals surface area contributed by atoms with Gasteiger partial charge in [0.1, 0.15) is 4.90 Å². The van der Waals surface area contributed by atoms with Crippen molar-refractivity contribution >= 4 is 21.7 Å². The zero-order valence-electron chi connectivity index (χ0n) is 11.8. The second-order valence-corrected chi connectivity index (χ2v) is 7.50. The first-order chi connectivity index (χ1) is 9.58. The number of aromatic carboxylic acids is 1. The molecule has 116 valence electrons. The van der Waals surface area contributed by atoms with Gasteiger partial charge in [0.25, 0.3) is 0 Å². The van der Waals surface area contributed by atoms with Crippen LogP contribution in [0.1, 0.15) is 24.2 Å². The number of hydrogen-bond acceptors (Lipinski definition) is 5. The highest BCUT2D eigenvalue weighted by molar-refractivity contribution is 7.89. The Labute approximate surface area is 123 Å². The molecule has 0 amide bonds. The van der Waals surface area contributed by atoms with Crippen molar-refractivity contribution in [2.45, 2.75) is 24.3 Å². The molecule has 0 aromatic heterocycles. The number of hydrogen-bond donors (Lipinski definition) is 3. The highest BCUT2D eigenvalue weighted by atomic mass is 32.2. The van der Waals surface area contributed by atoms with E-state index in [2.05, 4.69) is 0 Å². The zero-order chi connectivity index (χ0) is 16.0. The fourth-order valence-corrected chi connectivity index (χ4v) is 3.82. The van der Waals surface area contributed by atoms with Crippen LogP contribution < -0.4 is 5.73 Å². The van der Waals surface area contributed by atoms with Crippen LogP contribution in [0, 0.1) is 5.92 Å². The predicted molar refractivity (Wildman–Crippen MR) is 76.4 cm³/mol. The molecule has 1 aromatic carbocycles. The van der Waals surface area contributed by atoms with E-state index in [0.29, 0.717) is 0 Å². The molecule has 7 nitrogen and oxygen atoms in total. The van der Waals surface area contributed by atoms with Crippen molar-refractivity contribution in [3.05, 3.63) is 23.8 Å². The second-order valence-electron chi connectivity index (χ2n) is 5.59. The number of carboxylic acids is 1. The van der Waals surface area contributed by atoms with Crippen molar-refractivity contribution in [2.75, 3.05) is 18.8 Å². The van der Waals surface area contributed by atoms with Gasteiger partial charge in [0.15, 0.2) is 0 Å². The summed E-state index contributed by atoms with van der Waals surface area (Å²) in [6.07, 6.45) is 0. The number of carboxylic acid groups (broad SMARTS) is 1. The van der Waals surface area contributed by atoms with Crippen LogP contribution in [0.4, 0.5) is 5.69 Å². The average molecular weight is 314 g/mol. The van der Waals surface area contributed by atoms with Crippen molar-refractivity contribution < 1.29 is 23.4 Å². The van der Waals surface area contributed by atoms with E-state index in [-0.39, 0.29) is 35.2 Å². The molecule has 4 N–H and O–H groups in total. The van der Waals surface area contributed by atoms with E-state index >= 15 is 0 Å². The molecule has 0 bridgehead atoms. The highest BCUT2D eigenvalue weighted by Crippen LogP contribution is 2.34. The number of nitrogens with zero attached hydrogens (tertiary/aromatic N) is 1. The van der Waals surface area contributed by atoms with E-state index in [4.69, 9.17) is 10.8 Å². The number of carbonyl (C=O) groups is 1. The van der Waals surface area contributed by atoms with Crippen molar-refractivity contribution in [2.24, 2.45) is 5.92 Å². The van der Waals surface area contributed by atoms with E-state index in [9.17, 15) is 18.3 Å². The molecule has 0 atom stereocenters. The van der Waals surface area contributed by atoms with Crippen LogP contribution in [0.5, 0.6) is 0 Å². The predicted octanol–water partition coefficient (Wildman–Crippen LogP) is 0.358. The molecule has 2 rings (SSSR count). The summed E-state index contributed by atoms with van der Waals surface area (Å²) in [7, 11) is -3.82. The average Bonchev–Trinajstić information content (AvgIpc) is 2.33. The van der Waals surface area contributed by atoms with E-state index < -0.39 is 21.6 Å². The van der Waals surface area contributed by atoms with Gasteiger partial charge in [-0.2, -0.15) is 4.31 Å². The normalized spacial score (nSPS) is 18.5. The van der Waals surface area contributed by atoms with Crippen LogP contribution in [0.15, 0.2) is 23.1 Å². The Kier molecular flexibility index (Phi) is 3.73. The zero-order valence-corrected chi connectivity index (χ0v) is 12.6. The number of aliphatic hydroxyl groups is 1. The number of sulfonamides is 1. The van der Waals surface area contributed by atoms with Gasteiger partial charge < -0.3 is 15.9 Å². The number of nitrogens with two attached hydrogens (primary N) is 1. The maximum Gasteiger partial charge on any atom is 0.335 e. The van der Waals surface area contributed by atoms with Crippen molar-refractivity contribution in [3.8, 4) is 0 Å². The molecule has 1 heterocycles. The third-order valence-corrected chi connectivity index (χ3v) is 5.72. The fraction of sp³-hybridized carbons (Fsp3) is 0.462. The lowest BCUT2D eigenvalue weighted by atomic mass is 9.85. The van der Waals surface area contributed by atoms with Gasteiger partial charge in [-0.15, -0.1) is 0 Å². The minimum absolute atomic E-state index is 0.00707. The van der Waals surface area contributed by atoms with Gasteiger partial charge in [-0.1, -0.05) is 13.8 Å². The van der Waals surface area contributed by atoms with E-state index in [1.165, 1.54) is 12.1 Å². The van der Waals surface area contributed by atoms with Crippen LogP contribution in [0.2, 0.25) is 0 Å². The van der Waals surface area contributed by atoms with E-state index in [0.717, 1.165) is 10.4 Å². The largest absolute Gasteiger partial charge is 0.478 e. The first-order valence-electron chi connectivity index (χ1n) is 6.43. The number of β-amino-alcohol motifs (C(OH)–C–C–N with tert-alkyl or cyclic N) is 1. The summed E-state index contributed by atoms with van der Waals surface area (Å²) in [4.78, 5) is 10.7. The first-order valence-corrected chi connectivity index (χ1v) is 7.87. The Morgan fingerprint density at radius 3 is 2.38 bits per heavy atom. The second kappa shape index (κ2) is 4.97. The van der Waals surface area contributed by atoms with Gasteiger partial charge in [0, 0.05) is 13.1 Å². The van der Waals surface area contributed by atoms with Gasteiger partial charge in [-0.3, -0.25) is 0 Å². The smallest absolute Gasteiger partial charge is 0.335 e. The summed E-state index contributed by atoms with van der Waals surface area (Å²) in [5, 5.41) is 19.0. The molecular formula is C13H18N2O5S. The van der Waals surface area contributed by atoms with Crippen molar-refractivity contribution in [3.63, 3.8) is 0 Å². The molecule has 0 unspecified atom stereocenters. The van der Waals surface area contributed by atoms with Gasteiger partial charge in [0.2, 0.25) is 10.0 Å².